The lowest BCUT2D eigenvalue weighted by Gasteiger charge is -2.48. The van der Waals surface area contributed by atoms with Crippen LogP contribution in [0.15, 0.2) is 66.1 Å². The average molecular weight is 404 g/mol. The molecule has 5 nitrogen and oxygen atoms in total. The number of benzene rings is 2. The molecule has 0 bridgehead atoms. The molecule has 1 aromatic heterocycles. The van der Waals surface area contributed by atoms with Gasteiger partial charge in [0.1, 0.15) is 5.75 Å². The summed E-state index contributed by atoms with van der Waals surface area (Å²) in [5, 5.41) is 13.3. The van der Waals surface area contributed by atoms with Crippen molar-refractivity contribution in [3.05, 3.63) is 92.2 Å². The lowest BCUT2D eigenvalue weighted by molar-refractivity contribution is -0.385. The van der Waals surface area contributed by atoms with Crippen LogP contribution in [0.3, 0.4) is 0 Å². The van der Waals surface area contributed by atoms with Crippen molar-refractivity contribution in [1.82, 2.24) is 0 Å². The van der Waals surface area contributed by atoms with E-state index < -0.39 is 5.72 Å². The molecule has 5 rings (SSSR count). The van der Waals surface area contributed by atoms with Crippen molar-refractivity contribution in [1.29, 1.82) is 0 Å². The highest BCUT2D eigenvalue weighted by atomic mass is 32.1. The van der Waals surface area contributed by atoms with Gasteiger partial charge in [0.25, 0.3) is 5.69 Å². The molecule has 0 radical (unpaired) electrons. The van der Waals surface area contributed by atoms with Crippen molar-refractivity contribution >= 4 is 28.8 Å². The third kappa shape index (κ3) is 2.52. The van der Waals surface area contributed by atoms with E-state index in [2.05, 4.69) is 54.5 Å². The monoisotopic (exact) mass is 404 g/mol. The van der Waals surface area contributed by atoms with E-state index in [0.29, 0.717) is 12.3 Å². The maximum absolute atomic E-state index is 11.3. The summed E-state index contributed by atoms with van der Waals surface area (Å²) in [7, 11) is 0. The number of fused-ring (bicyclic) bond motifs is 4. The minimum absolute atomic E-state index is 0.0840. The lowest BCUT2D eigenvalue weighted by atomic mass is 9.76. The fourth-order valence-corrected chi connectivity index (χ4v) is 5.10. The zero-order valence-electron chi connectivity index (χ0n) is 16.2. The zero-order valence-corrected chi connectivity index (χ0v) is 17.0. The number of non-ortho nitro benzene ring substituents is 1. The van der Waals surface area contributed by atoms with Gasteiger partial charge in [0.15, 0.2) is 0 Å². The van der Waals surface area contributed by atoms with Crippen LogP contribution in [0.1, 0.15) is 29.9 Å². The van der Waals surface area contributed by atoms with Gasteiger partial charge >= 0.3 is 0 Å². The van der Waals surface area contributed by atoms with Crippen LogP contribution in [-0.2, 0) is 12.0 Å². The maximum Gasteiger partial charge on any atom is 0.270 e. The van der Waals surface area contributed by atoms with E-state index in [-0.39, 0.29) is 16.0 Å². The number of hydrogen-bond acceptors (Lipinski definition) is 5. The first-order valence-electron chi connectivity index (χ1n) is 9.49. The highest BCUT2D eigenvalue weighted by Crippen LogP contribution is 2.56. The molecule has 3 heterocycles. The first kappa shape index (κ1) is 17.9. The highest BCUT2D eigenvalue weighted by Gasteiger charge is 2.59. The zero-order chi connectivity index (χ0) is 20.2. The SMILES string of the molecule is CC1(C)c2ccccc2N2Cc3cc([N+](=O)[O-])ccc3OC21/C=C/c1cccs1. The Hall–Kier alpha value is -3.12. The number of thiophene rings is 1. The molecule has 146 valence electrons. The Morgan fingerprint density at radius 3 is 2.76 bits per heavy atom. The standard InChI is InChI=1S/C23H20N2O3S/c1-22(2)19-7-3-4-8-20(19)24-15-16-14-17(25(26)27)9-10-21(16)28-23(22,24)12-11-18-6-5-13-29-18/h3-14H,15H2,1-2H3/b12-11+. The van der Waals surface area contributed by atoms with Crippen LogP contribution in [0.5, 0.6) is 5.75 Å². The first-order chi connectivity index (χ1) is 13.9. The maximum atomic E-state index is 11.3. The van der Waals surface area contributed by atoms with E-state index in [0.717, 1.165) is 16.1 Å². The fourth-order valence-electron chi connectivity index (χ4n) is 4.49. The normalized spacial score (nSPS) is 21.4. The van der Waals surface area contributed by atoms with Gasteiger partial charge in [0.05, 0.1) is 16.9 Å². The molecule has 2 aliphatic rings. The van der Waals surface area contributed by atoms with Gasteiger partial charge in [-0.1, -0.05) is 24.3 Å². The van der Waals surface area contributed by atoms with Crippen LogP contribution in [-0.4, -0.2) is 10.6 Å². The number of nitrogens with zero attached hydrogens (tertiary/aromatic N) is 2. The van der Waals surface area contributed by atoms with E-state index in [1.165, 1.54) is 11.6 Å². The average Bonchev–Trinajstić information content (AvgIpc) is 3.30. The lowest BCUT2D eigenvalue weighted by Crippen LogP contribution is -2.60. The molecule has 1 unspecified atom stereocenters. The van der Waals surface area contributed by atoms with Gasteiger partial charge in [-0.05, 0) is 55.1 Å². The molecule has 0 saturated carbocycles. The molecule has 0 amide bonds. The van der Waals surface area contributed by atoms with E-state index >= 15 is 0 Å². The summed E-state index contributed by atoms with van der Waals surface area (Å²) in [5.41, 5.74) is 2.18. The number of para-hydroxylation sites is 1. The number of nitro benzene ring substituents is 1. The third-order valence-electron chi connectivity index (χ3n) is 6.03. The van der Waals surface area contributed by atoms with E-state index in [1.807, 2.05) is 18.2 Å². The smallest absolute Gasteiger partial charge is 0.270 e. The topological polar surface area (TPSA) is 55.6 Å². The molecule has 0 saturated heterocycles. The van der Waals surface area contributed by atoms with E-state index in [9.17, 15) is 10.1 Å². The second kappa shape index (κ2) is 6.19. The van der Waals surface area contributed by atoms with Crippen molar-refractivity contribution < 1.29 is 9.66 Å². The van der Waals surface area contributed by atoms with E-state index in [4.69, 9.17) is 4.74 Å². The summed E-state index contributed by atoms with van der Waals surface area (Å²) in [5.74, 6) is 0.698. The molecule has 1 atom stereocenters. The number of anilines is 1. The highest BCUT2D eigenvalue weighted by molar-refractivity contribution is 7.10. The summed E-state index contributed by atoms with van der Waals surface area (Å²) in [6.07, 6.45) is 4.25. The number of nitro groups is 1. The van der Waals surface area contributed by atoms with Crippen LogP contribution < -0.4 is 9.64 Å². The summed E-state index contributed by atoms with van der Waals surface area (Å²) >= 11 is 1.68. The van der Waals surface area contributed by atoms with Gasteiger partial charge in [-0.15, -0.1) is 11.3 Å². The molecule has 0 aliphatic carbocycles. The number of ether oxygens (including phenoxy) is 1. The number of hydrogen-bond donors (Lipinski definition) is 0. The van der Waals surface area contributed by atoms with Gasteiger partial charge in [0.2, 0.25) is 5.72 Å². The summed E-state index contributed by atoms with van der Waals surface area (Å²) in [4.78, 5) is 14.3. The van der Waals surface area contributed by atoms with Crippen LogP contribution in [0.4, 0.5) is 11.4 Å². The van der Waals surface area contributed by atoms with Gasteiger partial charge < -0.3 is 9.64 Å². The van der Waals surface area contributed by atoms with Crippen LogP contribution >= 0.6 is 11.3 Å². The Balaban J connectivity index is 1.70. The Kier molecular flexibility index (Phi) is 3.83. The van der Waals surface area contributed by atoms with Crippen molar-refractivity contribution in [2.45, 2.75) is 31.5 Å². The molecule has 0 fully saturated rings. The summed E-state index contributed by atoms with van der Waals surface area (Å²) in [6, 6.07) is 17.3. The first-order valence-corrected chi connectivity index (χ1v) is 10.4. The molecule has 29 heavy (non-hydrogen) atoms. The predicted octanol–water partition coefficient (Wildman–Crippen LogP) is 5.76. The third-order valence-corrected chi connectivity index (χ3v) is 6.87. The molecule has 0 N–H and O–H groups in total. The van der Waals surface area contributed by atoms with E-state index in [1.54, 1.807) is 23.5 Å². The number of rotatable bonds is 3. The van der Waals surface area contributed by atoms with Crippen molar-refractivity contribution in [3.8, 4) is 5.75 Å². The fraction of sp³-hybridized carbons (Fsp3) is 0.217. The van der Waals surface area contributed by atoms with Gasteiger partial charge in [-0.25, -0.2) is 0 Å². The van der Waals surface area contributed by atoms with Crippen molar-refractivity contribution in [2.75, 3.05) is 4.90 Å². The Bertz CT molecular complexity index is 1140. The molecular weight excluding hydrogens is 384 g/mol. The Morgan fingerprint density at radius 1 is 1.17 bits per heavy atom. The second-order valence-electron chi connectivity index (χ2n) is 7.92. The molecule has 2 aliphatic heterocycles. The minimum Gasteiger partial charge on any atom is -0.463 e. The predicted molar refractivity (Wildman–Crippen MR) is 115 cm³/mol. The van der Waals surface area contributed by atoms with Gasteiger partial charge in [-0.3, -0.25) is 10.1 Å². The molecule has 0 spiro atoms. The molecule has 3 aromatic rings. The van der Waals surface area contributed by atoms with Crippen LogP contribution in [0.25, 0.3) is 6.08 Å². The molecule has 6 heteroatoms. The van der Waals surface area contributed by atoms with Crippen molar-refractivity contribution in [3.63, 3.8) is 0 Å². The molecule has 2 aromatic carbocycles. The Labute approximate surface area is 173 Å². The molecular formula is C23H20N2O3S. The second-order valence-corrected chi connectivity index (χ2v) is 8.90. The van der Waals surface area contributed by atoms with Crippen molar-refractivity contribution in [2.24, 2.45) is 0 Å². The largest absolute Gasteiger partial charge is 0.463 e. The Morgan fingerprint density at radius 2 is 2.00 bits per heavy atom. The summed E-state index contributed by atoms with van der Waals surface area (Å²) in [6.45, 7) is 4.94. The minimum atomic E-state index is -0.718. The quantitative estimate of drug-likeness (QED) is 0.412. The van der Waals surface area contributed by atoms with Crippen LogP contribution in [0.2, 0.25) is 0 Å². The van der Waals surface area contributed by atoms with Crippen LogP contribution in [0, 0.1) is 10.1 Å². The van der Waals surface area contributed by atoms with Gasteiger partial charge in [0, 0.05) is 28.3 Å². The summed E-state index contributed by atoms with van der Waals surface area (Å²) < 4.78 is 6.70. The van der Waals surface area contributed by atoms with Gasteiger partial charge in [-0.2, -0.15) is 0 Å².